The Kier molecular flexibility index (Phi) is 36.2. The van der Waals surface area contributed by atoms with E-state index < -0.39 is 124 Å². The van der Waals surface area contributed by atoms with Crippen LogP contribution in [0.15, 0.2) is 60.8 Å². The lowest BCUT2D eigenvalue weighted by Gasteiger charge is -2.48. The lowest BCUT2D eigenvalue weighted by molar-refractivity contribution is -0.379. The quantitative estimate of drug-likeness (QED) is 0.0304. The van der Waals surface area contributed by atoms with Crippen LogP contribution in [0.3, 0.4) is 0 Å². The second kappa shape index (κ2) is 40.6. The highest BCUT2D eigenvalue weighted by Crippen LogP contribution is 2.33. The number of aliphatic hydroxyl groups is 11. The molecule has 17 atom stereocenters. The van der Waals surface area contributed by atoms with Crippen molar-refractivity contribution >= 4 is 5.91 Å². The largest absolute Gasteiger partial charge is 0.394 e. The summed E-state index contributed by atoms with van der Waals surface area (Å²) >= 11 is 0. The van der Waals surface area contributed by atoms with Crippen LogP contribution in [0.25, 0.3) is 0 Å². The van der Waals surface area contributed by atoms with E-state index in [0.29, 0.717) is 12.8 Å². The molecule has 0 saturated carbocycles. The molecule has 0 aromatic rings. The van der Waals surface area contributed by atoms with E-state index in [1.54, 1.807) is 6.08 Å². The summed E-state index contributed by atoms with van der Waals surface area (Å²) in [7, 11) is 0. The van der Waals surface area contributed by atoms with Crippen LogP contribution in [0, 0.1) is 0 Å². The molecule has 0 aliphatic carbocycles. The van der Waals surface area contributed by atoms with Gasteiger partial charge in [-0.3, -0.25) is 4.79 Å². The summed E-state index contributed by atoms with van der Waals surface area (Å²) in [6.07, 6.45) is 17.8. The molecule has 0 bridgehead atoms. The highest BCUT2D eigenvalue weighted by atomic mass is 16.8. The fourth-order valence-electron chi connectivity index (χ4n) is 9.25. The van der Waals surface area contributed by atoms with Gasteiger partial charge in [-0.25, -0.2) is 0 Å². The molecule has 3 saturated heterocycles. The van der Waals surface area contributed by atoms with Crippen molar-refractivity contribution in [2.75, 3.05) is 26.4 Å². The molecule has 440 valence electrons. The Bertz CT molecular complexity index is 1630. The molecule has 0 radical (unpaired) electrons. The van der Waals surface area contributed by atoms with Gasteiger partial charge in [0.2, 0.25) is 5.91 Å². The number of amides is 1. The van der Waals surface area contributed by atoms with Crippen LogP contribution in [0.5, 0.6) is 0 Å². The van der Waals surface area contributed by atoms with E-state index in [2.05, 4.69) is 67.8 Å². The van der Waals surface area contributed by atoms with Crippen molar-refractivity contribution in [3.8, 4) is 0 Å². The molecule has 0 aromatic carbocycles. The summed E-state index contributed by atoms with van der Waals surface area (Å²) in [6, 6.07) is -1.00. The summed E-state index contributed by atoms with van der Waals surface area (Å²) < 4.78 is 34.1. The van der Waals surface area contributed by atoms with Crippen LogP contribution >= 0.6 is 0 Å². The van der Waals surface area contributed by atoms with Gasteiger partial charge in [-0.1, -0.05) is 139 Å². The first-order valence-corrected chi connectivity index (χ1v) is 28.5. The predicted molar refractivity (Wildman–Crippen MR) is 286 cm³/mol. The third-order valence-electron chi connectivity index (χ3n) is 14.0. The third kappa shape index (κ3) is 24.9. The highest BCUT2D eigenvalue weighted by Gasteiger charge is 2.53. The van der Waals surface area contributed by atoms with E-state index in [1.807, 2.05) is 6.08 Å². The van der Waals surface area contributed by atoms with Crippen molar-refractivity contribution in [2.24, 2.45) is 0 Å². The Morgan fingerprint density at radius 1 is 0.474 bits per heavy atom. The number of nitrogens with one attached hydrogen (secondary N) is 1. The SMILES string of the molecule is CCCCC/C=C\C/C=C\CCCCCCCC(=O)NC(COC1OC(CO)C(OC2OC(CO)C(OC3OC(CO)C(O)C(O)C3O)C(O)C2O)C(O)C1O)C(O)/C=C/CC/C=C/CC/C=C/CCCCCCCC. The summed E-state index contributed by atoms with van der Waals surface area (Å²) in [5, 5.41) is 120. The van der Waals surface area contributed by atoms with Crippen LogP contribution < -0.4 is 5.32 Å². The normalized spacial score (nSPS) is 31.4. The number of hydrogen-bond acceptors (Lipinski definition) is 18. The Morgan fingerprint density at radius 3 is 1.42 bits per heavy atom. The van der Waals surface area contributed by atoms with E-state index >= 15 is 0 Å². The molecule has 17 unspecified atom stereocenters. The van der Waals surface area contributed by atoms with Gasteiger partial charge in [0.15, 0.2) is 18.9 Å². The smallest absolute Gasteiger partial charge is 0.220 e. The molecular formula is C57H99NO18. The zero-order valence-electron chi connectivity index (χ0n) is 45.5. The van der Waals surface area contributed by atoms with Gasteiger partial charge >= 0.3 is 0 Å². The molecule has 76 heavy (non-hydrogen) atoms. The zero-order chi connectivity index (χ0) is 55.5. The van der Waals surface area contributed by atoms with Gasteiger partial charge in [0, 0.05) is 6.42 Å². The van der Waals surface area contributed by atoms with Gasteiger partial charge in [-0.05, 0) is 77.0 Å². The average molecular weight is 1090 g/mol. The molecule has 1 amide bonds. The molecule has 19 heteroatoms. The molecule has 12 N–H and O–H groups in total. The highest BCUT2D eigenvalue weighted by molar-refractivity contribution is 5.76. The maximum atomic E-state index is 13.3. The van der Waals surface area contributed by atoms with Crippen molar-refractivity contribution in [2.45, 2.75) is 266 Å². The molecule has 3 aliphatic rings. The minimum atomic E-state index is -1.98. The van der Waals surface area contributed by atoms with Crippen molar-refractivity contribution < 1.29 is 89.4 Å². The van der Waals surface area contributed by atoms with Crippen molar-refractivity contribution in [1.82, 2.24) is 5.32 Å². The van der Waals surface area contributed by atoms with E-state index in [9.17, 15) is 61.0 Å². The van der Waals surface area contributed by atoms with Gasteiger partial charge < -0.3 is 89.9 Å². The first-order chi connectivity index (χ1) is 36.8. The molecule has 3 fully saturated rings. The first kappa shape index (κ1) is 67.8. The van der Waals surface area contributed by atoms with Gasteiger partial charge in [-0.15, -0.1) is 0 Å². The Labute approximate surface area is 452 Å². The number of unbranched alkanes of at least 4 members (excludes halogenated alkanes) is 16. The maximum Gasteiger partial charge on any atom is 0.220 e. The molecule has 0 spiro atoms. The van der Waals surface area contributed by atoms with E-state index in [-0.39, 0.29) is 18.9 Å². The zero-order valence-corrected chi connectivity index (χ0v) is 45.5. The van der Waals surface area contributed by atoms with Crippen LogP contribution in [0.2, 0.25) is 0 Å². The molecule has 3 aliphatic heterocycles. The van der Waals surface area contributed by atoms with Gasteiger partial charge in [0.05, 0.1) is 38.6 Å². The van der Waals surface area contributed by atoms with E-state index in [4.69, 9.17) is 28.4 Å². The number of rotatable bonds is 40. The summed E-state index contributed by atoms with van der Waals surface area (Å²) in [4.78, 5) is 13.3. The topological polar surface area (TPSA) is 307 Å². The lowest BCUT2D eigenvalue weighted by Crippen LogP contribution is -2.66. The molecule has 3 heterocycles. The number of carbonyl (C=O) groups is 1. The minimum Gasteiger partial charge on any atom is -0.394 e. The maximum absolute atomic E-state index is 13.3. The minimum absolute atomic E-state index is 0.213. The lowest BCUT2D eigenvalue weighted by atomic mass is 9.96. The Morgan fingerprint density at radius 2 is 0.882 bits per heavy atom. The van der Waals surface area contributed by atoms with Crippen molar-refractivity contribution in [3.05, 3.63) is 60.8 Å². The number of aliphatic hydroxyl groups excluding tert-OH is 11. The molecule has 3 rings (SSSR count). The fourth-order valence-corrected chi connectivity index (χ4v) is 9.25. The first-order valence-electron chi connectivity index (χ1n) is 28.5. The summed E-state index contributed by atoms with van der Waals surface area (Å²) in [6.45, 7) is 1.61. The second-order valence-electron chi connectivity index (χ2n) is 20.4. The third-order valence-corrected chi connectivity index (χ3v) is 14.0. The Balaban J connectivity index is 1.56. The molecule has 0 aromatic heterocycles. The molecule has 19 nitrogen and oxygen atoms in total. The van der Waals surface area contributed by atoms with Crippen LogP contribution in [-0.2, 0) is 33.2 Å². The number of allylic oxidation sites excluding steroid dienone is 9. The Hall–Kier alpha value is -2.51. The van der Waals surface area contributed by atoms with Crippen LogP contribution in [0.1, 0.15) is 162 Å². The molecular weight excluding hydrogens is 987 g/mol. The van der Waals surface area contributed by atoms with Gasteiger partial charge in [-0.2, -0.15) is 0 Å². The van der Waals surface area contributed by atoms with Gasteiger partial charge in [0.25, 0.3) is 0 Å². The summed E-state index contributed by atoms with van der Waals surface area (Å²) in [5.74, 6) is -0.308. The van der Waals surface area contributed by atoms with E-state index in [1.165, 1.54) is 57.8 Å². The van der Waals surface area contributed by atoms with E-state index in [0.717, 1.165) is 70.6 Å². The number of hydrogen-bond donors (Lipinski definition) is 12. The van der Waals surface area contributed by atoms with Crippen molar-refractivity contribution in [1.29, 1.82) is 0 Å². The number of ether oxygens (including phenoxy) is 6. The van der Waals surface area contributed by atoms with Gasteiger partial charge in [0.1, 0.15) is 73.2 Å². The second-order valence-corrected chi connectivity index (χ2v) is 20.4. The van der Waals surface area contributed by atoms with Crippen LogP contribution in [-0.4, -0.2) is 193 Å². The number of carbonyl (C=O) groups excluding carboxylic acids is 1. The van der Waals surface area contributed by atoms with Crippen LogP contribution in [0.4, 0.5) is 0 Å². The predicted octanol–water partition coefficient (Wildman–Crippen LogP) is 4.09. The fraction of sp³-hybridized carbons (Fsp3) is 0.807. The monoisotopic (exact) mass is 1090 g/mol. The van der Waals surface area contributed by atoms with Crippen molar-refractivity contribution in [3.63, 3.8) is 0 Å². The average Bonchev–Trinajstić information content (AvgIpc) is 3.41. The summed E-state index contributed by atoms with van der Waals surface area (Å²) in [5.41, 5.74) is 0. The standard InChI is InChI=1S/C57H99NO18/c1-3-5-7-9-11-13-15-17-19-21-22-24-26-28-30-32-34-41(62)40(58-45(63)35-33-31-29-27-25-23-20-18-16-14-12-10-8-6-4-2)39-71-55-51(69)48(66)53(43(37-60)73-55)76-57-52(70)49(67)54(44(38-61)74-57)75-56-50(68)47(65)46(64)42(36-59)72-56/h12,14,17-20,24,26,32,34,40-44,46-57,59-62,64-70H,3-11,13,15-16,21-23,25,27-31,33,35-39H2,1-2H3,(H,58,63)/b14-12-,19-17+,20-18-,26-24+,34-32+.